The SMILES string of the molecule is O=C1CCN(C(=O)C(=CCl)c2ccccc2)CCN1CCN1CCC(c2ccccc2)CC1. The van der Waals surface area contributed by atoms with Gasteiger partial charge >= 0.3 is 0 Å². The van der Waals surface area contributed by atoms with Gasteiger partial charge in [0.05, 0.1) is 5.57 Å². The van der Waals surface area contributed by atoms with Crippen LogP contribution in [-0.2, 0) is 9.59 Å². The first-order valence-corrected chi connectivity index (χ1v) is 12.3. The van der Waals surface area contributed by atoms with Crippen LogP contribution in [0.2, 0.25) is 0 Å². The molecule has 2 aromatic carbocycles. The molecule has 0 unspecified atom stereocenters. The van der Waals surface area contributed by atoms with Crippen molar-refractivity contribution >= 4 is 29.0 Å². The molecule has 0 atom stereocenters. The zero-order valence-electron chi connectivity index (χ0n) is 19.0. The molecule has 2 aliphatic rings. The van der Waals surface area contributed by atoms with E-state index in [1.165, 1.54) is 11.1 Å². The monoisotopic (exact) mass is 465 g/mol. The van der Waals surface area contributed by atoms with E-state index in [0.29, 0.717) is 44.1 Å². The topological polar surface area (TPSA) is 43.9 Å². The number of likely N-dealkylation sites (tertiary alicyclic amines) is 1. The second-order valence-corrected chi connectivity index (χ2v) is 9.06. The van der Waals surface area contributed by atoms with Gasteiger partial charge in [0.1, 0.15) is 0 Å². The van der Waals surface area contributed by atoms with E-state index in [1.807, 2.05) is 35.2 Å². The fraction of sp³-hybridized carbons (Fsp3) is 0.407. The second-order valence-electron chi connectivity index (χ2n) is 8.84. The molecule has 2 heterocycles. The van der Waals surface area contributed by atoms with E-state index in [2.05, 4.69) is 35.2 Å². The zero-order valence-corrected chi connectivity index (χ0v) is 19.8. The van der Waals surface area contributed by atoms with Crippen molar-refractivity contribution in [3.05, 3.63) is 77.3 Å². The third-order valence-electron chi connectivity index (χ3n) is 6.84. The van der Waals surface area contributed by atoms with Crippen LogP contribution < -0.4 is 0 Å². The van der Waals surface area contributed by atoms with Crippen molar-refractivity contribution in [3.63, 3.8) is 0 Å². The molecule has 0 spiro atoms. The predicted octanol–water partition coefficient (Wildman–Crippen LogP) is 4.21. The van der Waals surface area contributed by atoms with E-state index >= 15 is 0 Å². The first-order chi connectivity index (χ1) is 16.2. The minimum Gasteiger partial charge on any atom is -0.340 e. The highest BCUT2D eigenvalue weighted by Crippen LogP contribution is 2.27. The molecule has 0 aliphatic carbocycles. The van der Waals surface area contributed by atoms with Crippen molar-refractivity contribution in [2.45, 2.75) is 25.2 Å². The molecule has 5 nitrogen and oxygen atoms in total. The summed E-state index contributed by atoms with van der Waals surface area (Å²) in [5.41, 5.74) is 4.05. The van der Waals surface area contributed by atoms with Gasteiger partial charge in [-0.15, -0.1) is 0 Å². The lowest BCUT2D eigenvalue weighted by Gasteiger charge is -2.33. The van der Waals surface area contributed by atoms with E-state index in [4.69, 9.17) is 11.6 Å². The lowest BCUT2D eigenvalue weighted by molar-refractivity contribution is -0.130. The van der Waals surface area contributed by atoms with Crippen LogP contribution in [0.25, 0.3) is 5.57 Å². The molecule has 33 heavy (non-hydrogen) atoms. The number of rotatable bonds is 6. The number of halogens is 1. The Labute approximate surface area is 201 Å². The molecule has 2 saturated heterocycles. The number of hydrogen-bond acceptors (Lipinski definition) is 3. The quantitative estimate of drug-likeness (QED) is 0.600. The Morgan fingerprint density at radius 2 is 1.55 bits per heavy atom. The molecule has 2 aliphatic heterocycles. The van der Waals surface area contributed by atoms with Gasteiger partial charge in [-0.1, -0.05) is 72.3 Å². The number of nitrogens with zero attached hydrogens (tertiary/aromatic N) is 3. The Kier molecular flexibility index (Phi) is 8.19. The Bertz CT molecular complexity index is 956. The van der Waals surface area contributed by atoms with E-state index in [1.54, 1.807) is 4.90 Å². The van der Waals surface area contributed by atoms with Crippen molar-refractivity contribution < 1.29 is 9.59 Å². The maximum atomic E-state index is 13.1. The Balaban J connectivity index is 1.27. The van der Waals surface area contributed by atoms with Crippen molar-refractivity contribution in [2.24, 2.45) is 0 Å². The minimum absolute atomic E-state index is 0.117. The molecule has 6 heteroatoms. The van der Waals surface area contributed by atoms with Gasteiger partial charge in [0, 0.05) is 44.7 Å². The average molecular weight is 466 g/mol. The van der Waals surface area contributed by atoms with Gasteiger partial charge in [-0.05, 0) is 43.0 Å². The van der Waals surface area contributed by atoms with Crippen molar-refractivity contribution in [2.75, 3.05) is 45.8 Å². The smallest absolute Gasteiger partial charge is 0.255 e. The minimum atomic E-state index is -0.117. The van der Waals surface area contributed by atoms with Crippen LogP contribution >= 0.6 is 11.6 Å². The van der Waals surface area contributed by atoms with Crippen molar-refractivity contribution in [1.82, 2.24) is 14.7 Å². The number of carbonyl (C=O) groups excluding carboxylic acids is 2. The molecular formula is C27H32ClN3O2. The fourth-order valence-corrected chi connectivity index (χ4v) is 5.02. The summed E-state index contributed by atoms with van der Waals surface area (Å²) in [5, 5.41) is 0. The average Bonchev–Trinajstić information content (AvgIpc) is 3.06. The summed E-state index contributed by atoms with van der Waals surface area (Å²) in [6, 6.07) is 20.2. The summed E-state index contributed by atoms with van der Waals surface area (Å²) in [4.78, 5) is 32.0. The number of hydrogen-bond donors (Lipinski definition) is 0. The van der Waals surface area contributed by atoms with Gasteiger partial charge in [-0.2, -0.15) is 0 Å². The maximum absolute atomic E-state index is 13.1. The van der Waals surface area contributed by atoms with E-state index in [9.17, 15) is 9.59 Å². The number of benzene rings is 2. The predicted molar refractivity (Wildman–Crippen MR) is 133 cm³/mol. The van der Waals surface area contributed by atoms with Gasteiger partial charge in [-0.25, -0.2) is 0 Å². The van der Waals surface area contributed by atoms with Gasteiger partial charge in [0.15, 0.2) is 0 Å². The van der Waals surface area contributed by atoms with Crippen LogP contribution in [0, 0.1) is 0 Å². The first kappa shape index (κ1) is 23.5. The summed E-state index contributed by atoms with van der Waals surface area (Å²) >= 11 is 6.01. The third kappa shape index (κ3) is 6.04. The van der Waals surface area contributed by atoms with E-state index in [0.717, 1.165) is 38.0 Å². The van der Waals surface area contributed by atoms with Crippen LogP contribution in [0.1, 0.15) is 36.3 Å². The van der Waals surface area contributed by atoms with Gasteiger partial charge in [0.2, 0.25) is 5.91 Å². The fourth-order valence-electron chi connectivity index (χ4n) is 4.80. The van der Waals surface area contributed by atoms with Crippen LogP contribution in [0.5, 0.6) is 0 Å². The zero-order chi connectivity index (χ0) is 23.0. The van der Waals surface area contributed by atoms with Crippen LogP contribution in [0.4, 0.5) is 0 Å². The molecule has 0 radical (unpaired) electrons. The summed E-state index contributed by atoms with van der Waals surface area (Å²) in [5.74, 6) is 0.644. The number of carbonyl (C=O) groups is 2. The normalized spacial score (nSPS) is 18.9. The second kappa shape index (κ2) is 11.5. The summed E-state index contributed by atoms with van der Waals surface area (Å²) in [6.45, 7) is 5.25. The number of piperidine rings is 1. The van der Waals surface area contributed by atoms with Gasteiger partial charge in [0.25, 0.3) is 5.91 Å². The molecule has 0 bridgehead atoms. The molecule has 4 rings (SSSR count). The molecular weight excluding hydrogens is 434 g/mol. The summed E-state index contributed by atoms with van der Waals surface area (Å²) in [6.07, 6.45) is 2.67. The van der Waals surface area contributed by atoms with Crippen molar-refractivity contribution in [3.8, 4) is 0 Å². The Hall–Kier alpha value is -2.63. The van der Waals surface area contributed by atoms with Gasteiger partial charge in [-0.3, -0.25) is 9.59 Å². The molecule has 2 amide bonds. The highest BCUT2D eigenvalue weighted by molar-refractivity contribution is 6.35. The molecule has 0 saturated carbocycles. The van der Waals surface area contributed by atoms with Crippen LogP contribution in [-0.4, -0.2) is 72.3 Å². The van der Waals surface area contributed by atoms with Gasteiger partial charge < -0.3 is 14.7 Å². The molecule has 2 fully saturated rings. The maximum Gasteiger partial charge on any atom is 0.255 e. The third-order valence-corrected chi connectivity index (χ3v) is 7.06. The Morgan fingerprint density at radius 3 is 2.21 bits per heavy atom. The molecule has 174 valence electrons. The highest BCUT2D eigenvalue weighted by Gasteiger charge is 2.27. The first-order valence-electron chi connectivity index (χ1n) is 11.9. The highest BCUT2D eigenvalue weighted by atomic mass is 35.5. The van der Waals surface area contributed by atoms with Crippen molar-refractivity contribution in [1.29, 1.82) is 0 Å². The standard InChI is InChI=1S/C27H32ClN3O2/c28-21-25(24-9-5-2-6-10-24)27(33)31-16-13-26(32)30(19-20-31)18-17-29-14-11-23(12-15-29)22-7-3-1-4-8-22/h1-10,21,23H,11-20H2. The number of amides is 2. The van der Waals surface area contributed by atoms with E-state index < -0.39 is 0 Å². The van der Waals surface area contributed by atoms with Crippen LogP contribution in [0.15, 0.2) is 66.2 Å². The summed E-state index contributed by atoms with van der Waals surface area (Å²) < 4.78 is 0. The molecule has 0 aromatic heterocycles. The molecule has 2 aromatic rings. The lowest BCUT2D eigenvalue weighted by Crippen LogP contribution is -2.42. The lowest BCUT2D eigenvalue weighted by atomic mass is 9.89. The van der Waals surface area contributed by atoms with Crippen LogP contribution in [0.3, 0.4) is 0 Å². The van der Waals surface area contributed by atoms with E-state index in [-0.39, 0.29) is 11.8 Å². The summed E-state index contributed by atoms with van der Waals surface area (Å²) in [7, 11) is 0. The Morgan fingerprint density at radius 1 is 0.879 bits per heavy atom. The largest absolute Gasteiger partial charge is 0.340 e. The molecule has 0 N–H and O–H groups in total.